The molecule has 0 spiro atoms. The van der Waals surface area contributed by atoms with Gasteiger partial charge in [-0.25, -0.2) is 4.99 Å². The lowest BCUT2D eigenvalue weighted by Gasteiger charge is -2.25. The van der Waals surface area contributed by atoms with Crippen molar-refractivity contribution in [2.24, 2.45) is 16.5 Å². The zero-order valence-corrected chi connectivity index (χ0v) is 7.55. The second-order valence-electron chi connectivity index (χ2n) is 2.32. The van der Waals surface area contributed by atoms with Crippen molar-refractivity contribution in [3.05, 3.63) is 11.5 Å². The van der Waals surface area contributed by atoms with E-state index < -0.39 is 16.6 Å². The van der Waals surface area contributed by atoms with Gasteiger partial charge >= 0.3 is 10.4 Å². The molecule has 14 heavy (non-hydrogen) atoms. The fraction of sp³-hybridized carbons (Fsp3) is 0.250. The minimum Gasteiger partial charge on any atom is -0.395 e. The molecule has 0 aromatic carbocycles. The number of hydrogen-bond donors (Lipinski definition) is 4. The van der Waals surface area contributed by atoms with Crippen molar-refractivity contribution in [2.45, 2.75) is 6.23 Å². The van der Waals surface area contributed by atoms with E-state index in [1.807, 2.05) is 0 Å². The average Bonchev–Trinajstić information content (AvgIpc) is 2.04. The molecule has 0 saturated carbocycles. The first-order valence-corrected chi connectivity index (χ1v) is 4.60. The van der Waals surface area contributed by atoms with Crippen LogP contribution in [0.15, 0.2) is 16.5 Å². The number of nitrogens with zero attached hydrogens (tertiary/aromatic N) is 2. The molecule has 0 unspecified atom stereocenters. The van der Waals surface area contributed by atoms with Crippen molar-refractivity contribution in [3.63, 3.8) is 0 Å². The van der Waals surface area contributed by atoms with Crippen molar-refractivity contribution < 1.29 is 22.4 Å². The molecular formula is C4H8N4O5S. The van der Waals surface area contributed by atoms with Crippen LogP contribution in [-0.4, -0.2) is 35.7 Å². The summed E-state index contributed by atoms with van der Waals surface area (Å²) < 4.78 is 32.7. The van der Waals surface area contributed by atoms with E-state index in [0.717, 1.165) is 6.34 Å². The fourth-order valence-corrected chi connectivity index (χ4v) is 1.03. The van der Waals surface area contributed by atoms with Crippen LogP contribution in [0.25, 0.3) is 0 Å². The summed E-state index contributed by atoms with van der Waals surface area (Å²) in [7, 11) is -4.74. The third-order valence-corrected chi connectivity index (χ3v) is 1.67. The molecule has 0 aromatic heterocycles. The van der Waals surface area contributed by atoms with Gasteiger partial charge < -0.3 is 16.6 Å². The third-order valence-electron chi connectivity index (χ3n) is 1.31. The number of hydrogen-bond acceptors (Lipinski definition) is 8. The van der Waals surface area contributed by atoms with Gasteiger partial charge in [-0.15, -0.1) is 4.28 Å². The fourth-order valence-electron chi connectivity index (χ4n) is 0.695. The summed E-state index contributed by atoms with van der Waals surface area (Å²) in [5, 5.41) is 9.58. The summed E-state index contributed by atoms with van der Waals surface area (Å²) in [5.74, 6) is -0.160. The highest BCUT2D eigenvalue weighted by Crippen LogP contribution is 2.11. The minimum atomic E-state index is -4.74. The lowest BCUT2D eigenvalue weighted by molar-refractivity contribution is -0.0946. The van der Waals surface area contributed by atoms with Gasteiger partial charge in [0.1, 0.15) is 17.9 Å². The Morgan fingerprint density at radius 1 is 1.57 bits per heavy atom. The van der Waals surface area contributed by atoms with E-state index in [1.165, 1.54) is 0 Å². The van der Waals surface area contributed by atoms with Gasteiger partial charge in [-0.3, -0.25) is 4.55 Å². The van der Waals surface area contributed by atoms with Gasteiger partial charge in [-0.2, -0.15) is 13.5 Å². The molecule has 10 heteroatoms. The molecule has 0 radical (unpaired) electrons. The van der Waals surface area contributed by atoms with Gasteiger partial charge in [-0.1, -0.05) is 0 Å². The second-order valence-corrected chi connectivity index (χ2v) is 3.33. The SMILES string of the molecule is NC1=C(N)[C@@H](O)N(OS(=O)(=O)O)C=N1. The minimum absolute atomic E-state index is 0.160. The monoisotopic (exact) mass is 224 g/mol. The van der Waals surface area contributed by atoms with E-state index >= 15 is 0 Å². The Morgan fingerprint density at radius 2 is 2.14 bits per heavy atom. The highest BCUT2D eigenvalue weighted by atomic mass is 32.3. The topological polar surface area (TPSA) is 151 Å². The van der Waals surface area contributed by atoms with E-state index in [2.05, 4.69) is 9.28 Å². The van der Waals surface area contributed by atoms with Gasteiger partial charge in [-0.05, 0) is 0 Å². The molecule has 0 fully saturated rings. The maximum absolute atomic E-state index is 10.3. The molecule has 1 heterocycles. The normalized spacial score (nSPS) is 23.0. The number of rotatable bonds is 2. The van der Waals surface area contributed by atoms with Crippen LogP contribution in [0, 0.1) is 0 Å². The van der Waals surface area contributed by atoms with Crippen LogP contribution in [0.5, 0.6) is 0 Å². The van der Waals surface area contributed by atoms with Crippen molar-refractivity contribution in [1.29, 1.82) is 0 Å². The Hall–Kier alpha value is -1.36. The number of aliphatic imine (C=N–C) groups is 1. The highest BCUT2D eigenvalue weighted by molar-refractivity contribution is 7.80. The summed E-state index contributed by atoms with van der Waals surface area (Å²) in [4.78, 5) is 3.40. The average molecular weight is 224 g/mol. The Bertz CT molecular complexity index is 387. The molecule has 1 aliphatic heterocycles. The van der Waals surface area contributed by atoms with Crippen molar-refractivity contribution in [2.75, 3.05) is 0 Å². The predicted octanol–water partition coefficient (Wildman–Crippen LogP) is -2.53. The predicted molar refractivity (Wildman–Crippen MR) is 44.4 cm³/mol. The summed E-state index contributed by atoms with van der Waals surface area (Å²) in [6.45, 7) is 0. The van der Waals surface area contributed by atoms with E-state index in [-0.39, 0.29) is 11.5 Å². The van der Waals surface area contributed by atoms with Crippen LogP contribution in [-0.2, 0) is 14.7 Å². The first-order chi connectivity index (χ1) is 6.31. The molecule has 0 aromatic rings. The molecule has 1 rings (SSSR count). The van der Waals surface area contributed by atoms with Gasteiger partial charge in [0.15, 0.2) is 6.23 Å². The molecule has 1 atom stereocenters. The maximum atomic E-state index is 10.3. The van der Waals surface area contributed by atoms with Crippen LogP contribution >= 0.6 is 0 Å². The Labute approximate surface area is 79.2 Å². The molecule has 0 aliphatic carbocycles. The first kappa shape index (κ1) is 10.7. The molecule has 1 aliphatic rings. The molecule has 6 N–H and O–H groups in total. The number of hydroxylamine groups is 2. The zero-order chi connectivity index (χ0) is 10.9. The van der Waals surface area contributed by atoms with E-state index in [9.17, 15) is 13.5 Å². The zero-order valence-electron chi connectivity index (χ0n) is 6.73. The number of aliphatic hydroxyl groups is 1. The Kier molecular flexibility index (Phi) is 2.62. The number of nitrogens with two attached hydrogens (primary N) is 2. The third kappa shape index (κ3) is 2.32. The lowest BCUT2D eigenvalue weighted by atomic mass is 10.3. The maximum Gasteiger partial charge on any atom is 0.418 e. The van der Waals surface area contributed by atoms with Crippen LogP contribution in [0.3, 0.4) is 0 Å². The first-order valence-electron chi connectivity index (χ1n) is 3.24. The summed E-state index contributed by atoms with van der Waals surface area (Å²) in [6, 6.07) is 0. The van der Waals surface area contributed by atoms with Gasteiger partial charge in [0.25, 0.3) is 0 Å². The van der Waals surface area contributed by atoms with Crippen LogP contribution in [0.4, 0.5) is 0 Å². The largest absolute Gasteiger partial charge is 0.418 e. The lowest BCUT2D eigenvalue weighted by Crippen LogP contribution is -2.43. The second kappa shape index (κ2) is 3.42. The van der Waals surface area contributed by atoms with Crippen molar-refractivity contribution in [1.82, 2.24) is 5.06 Å². The smallest absolute Gasteiger partial charge is 0.395 e. The summed E-state index contributed by atoms with van der Waals surface area (Å²) in [5.41, 5.74) is 10.1. The van der Waals surface area contributed by atoms with Crippen LogP contribution in [0.1, 0.15) is 0 Å². The molecule has 0 amide bonds. The molecular weight excluding hydrogens is 216 g/mol. The molecule has 0 saturated heterocycles. The number of aliphatic hydroxyl groups excluding tert-OH is 1. The van der Waals surface area contributed by atoms with Gasteiger partial charge in [0.05, 0.1) is 0 Å². The van der Waals surface area contributed by atoms with Crippen molar-refractivity contribution in [3.8, 4) is 0 Å². The Morgan fingerprint density at radius 3 is 2.64 bits per heavy atom. The molecule has 0 bridgehead atoms. The van der Waals surface area contributed by atoms with E-state index in [1.54, 1.807) is 0 Å². The van der Waals surface area contributed by atoms with Gasteiger partial charge in [0.2, 0.25) is 0 Å². The summed E-state index contributed by atoms with van der Waals surface area (Å²) in [6.07, 6.45) is -0.848. The van der Waals surface area contributed by atoms with Crippen LogP contribution in [0.2, 0.25) is 0 Å². The summed E-state index contributed by atoms with van der Waals surface area (Å²) >= 11 is 0. The molecule has 9 nitrogen and oxygen atoms in total. The van der Waals surface area contributed by atoms with Crippen molar-refractivity contribution >= 4 is 16.7 Å². The quantitative estimate of drug-likeness (QED) is 0.375. The van der Waals surface area contributed by atoms with E-state index in [4.69, 9.17) is 16.0 Å². The molecule has 80 valence electrons. The standard InChI is InChI=1S/C4H8N4O5S/c5-2-3(6)7-1-8(4(2)9)13-14(10,11)12/h1,4,9H,5-6H2,(H,10,11,12)/t4-/m1/s1. The highest BCUT2D eigenvalue weighted by Gasteiger charge is 2.26. The van der Waals surface area contributed by atoms with Crippen LogP contribution < -0.4 is 11.5 Å². The van der Waals surface area contributed by atoms with Gasteiger partial charge in [0, 0.05) is 0 Å². The Balaban J connectivity index is 2.84. The van der Waals surface area contributed by atoms with E-state index in [0.29, 0.717) is 5.06 Å².